The zero-order valence-corrected chi connectivity index (χ0v) is 16.2. The molecule has 1 fully saturated rings. The molecule has 7 heteroatoms. The SMILES string of the molecule is N#Cc1ccc(CSc2nnc(NC(=O)CCC3CCCCC3)s2)cc1. The minimum atomic E-state index is 0.0374. The topological polar surface area (TPSA) is 78.7 Å². The third kappa shape index (κ3) is 5.82. The highest BCUT2D eigenvalue weighted by molar-refractivity contribution is 8.00. The van der Waals surface area contributed by atoms with E-state index in [0.29, 0.717) is 23.0 Å². The first-order valence-corrected chi connectivity index (χ1v) is 10.8. The first-order valence-electron chi connectivity index (χ1n) is 8.98. The number of anilines is 1. The van der Waals surface area contributed by atoms with Gasteiger partial charge in [-0.1, -0.05) is 67.3 Å². The van der Waals surface area contributed by atoms with Crippen molar-refractivity contribution in [3.8, 4) is 6.07 Å². The van der Waals surface area contributed by atoms with Crippen molar-refractivity contribution in [2.45, 2.75) is 55.0 Å². The number of nitrogens with one attached hydrogen (secondary N) is 1. The summed E-state index contributed by atoms with van der Waals surface area (Å²) in [7, 11) is 0. The summed E-state index contributed by atoms with van der Waals surface area (Å²) < 4.78 is 0.831. The number of carbonyl (C=O) groups excluding carboxylic acids is 1. The van der Waals surface area contributed by atoms with Crippen molar-refractivity contribution in [2.24, 2.45) is 5.92 Å². The van der Waals surface area contributed by atoms with Crippen molar-refractivity contribution in [3.63, 3.8) is 0 Å². The van der Waals surface area contributed by atoms with Crippen LogP contribution in [0.4, 0.5) is 5.13 Å². The Balaban J connectivity index is 1.42. The number of nitrogens with zero attached hydrogens (tertiary/aromatic N) is 3. The van der Waals surface area contributed by atoms with Gasteiger partial charge in [0.2, 0.25) is 11.0 Å². The molecule has 0 saturated heterocycles. The van der Waals surface area contributed by atoms with E-state index < -0.39 is 0 Å². The Morgan fingerprint density at radius 3 is 2.73 bits per heavy atom. The second kappa shape index (κ2) is 9.70. The number of amides is 1. The fraction of sp³-hybridized carbons (Fsp3) is 0.474. The molecule has 1 N–H and O–H groups in total. The molecule has 2 aromatic rings. The van der Waals surface area contributed by atoms with Crippen LogP contribution >= 0.6 is 23.1 Å². The number of thioether (sulfide) groups is 1. The third-order valence-electron chi connectivity index (χ3n) is 4.60. The lowest BCUT2D eigenvalue weighted by Crippen LogP contribution is -2.14. The van der Waals surface area contributed by atoms with Crippen LogP contribution in [-0.4, -0.2) is 16.1 Å². The van der Waals surface area contributed by atoms with Gasteiger partial charge in [-0.25, -0.2) is 0 Å². The summed E-state index contributed by atoms with van der Waals surface area (Å²) in [6.45, 7) is 0. The second-order valence-corrected chi connectivity index (χ2v) is 8.76. The van der Waals surface area contributed by atoms with Crippen molar-refractivity contribution in [1.29, 1.82) is 5.26 Å². The Labute approximate surface area is 162 Å². The van der Waals surface area contributed by atoms with Crippen LogP contribution in [0.1, 0.15) is 56.1 Å². The second-order valence-electron chi connectivity index (χ2n) is 6.56. The lowest BCUT2D eigenvalue weighted by Gasteiger charge is -2.20. The molecule has 1 saturated carbocycles. The largest absolute Gasteiger partial charge is 0.301 e. The fourth-order valence-electron chi connectivity index (χ4n) is 3.13. The molecule has 0 aliphatic heterocycles. The highest BCUT2D eigenvalue weighted by Gasteiger charge is 2.15. The fourth-order valence-corrected chi connectivity index (χ4v) is 4.86. The van der Waals surface area contributed by atoms with Gasteiger partial charge in [-0.2, -0.15) is 5.26 Å². The number of benzene rings is 1. The Morgan fingerprint density at radius 2 is 2.00 bits per heavy atom. The van der Waals surface area contributed by atoms with Gasteiger partial charge in [0.05, 0.1) is 11.6 Å². The molecule has 0 unspecified atom stereocenters. The maximum absolute atomic E-state index is 12.1. The van der Waals surface area contributed by atoms with E-state index in [9.17, 15) is 4.79 Å². The van der Waals surface area contributed by atoms with Crippen LogP contribution in [0.15, 0.2) is 28.6 Å². The number of hydrogen-bond donors (Lipinski definition) is 1. The van der Waals surface area contributed by atoms with Crippen molar-refractivity contribution in [1.82, 2.24) is 10.2 Å². The number of nitriles is 1. The van der Waals surface area contributed by atoms with E-state index in [1.165, 1.54) is 43.4 Å². The summed E-state index contributed by atoms with van der Waals surface area (Å²) in [5.74, 6) is 1.51. The summed E-state index contributed by atoms with van der Waals surface area (Å²) in [6, 6.07) is 9.63. The van der Waals surface area contributed by atoms with Crippen LogP contribution in [-0.2, 0) is 10.5 Å². The van der Waals surface area contributed by atoms with Crippen molar-refractivity contribution in [2.75, 3.05) is 5.32 Å². The van der Waals surface area contributed by atoms with Gasteiger partial charge in [0.25, 0.3) is 0 Å². The Kier molecular flexibility index (Phi) is 7.04. The van der Waals surface area contributed by atoms with E-state index in [1.807, 2.05) is 24.3 Å². The van der Waals surface area contributed by atoms with Gasteiger partial charge in [0, 0.05) is 12.2 Å². The van der Waals surface area contributed by atoms with Gasteiger partial charge in [-0.3, -0.25) is 4.79 Å². The lowest BCUT2D eigenvalue weighted by atomic mass is 9.86. The molecule has 5 nitrogen and oxygen atoms in total. The molecule has 136 valence electrons. The first kappa shape index (κ1) is 18.9. The quantitative estimate of drug-likeness (QED) is 0.535. The predicted molar refractivity (Wildman–Crippen MR) is 105 cm³/mol. The number of rotatable bonds is 7. The van der Waals surface area contributed by atoms with Crippen LogP contribution in [0.25, 0.3) is 0 Å². The average Bonchev–Trinajstić information content (AvgIpc) is 3.13. The molecule has 1 aliphatic carbocycles. The normalized spacial score (nSPS) is 14.7. The lowest BCUT2D eigenvalue weighted by molar-refractivity contribution is -0.116. The molecule has 0 atom stereocenters. The van der Waals surface area contributed by atoms with E-state index >= 15 is 0 Å². The molecule has 1 aromatic carbocycles. The van der Waals surface area contributed by atoms with Gasteiger partial charge in [0.1, 0.15) is 0 Å². The Morgan fingerprint density at radius 1 is 1.23 bits per heavy atom. The summed E-state index contributed by atoms with van der Waals surface area (Å²) in [6.07, 6.45) is 8.04. The number of hydrogen-bond acceptors (Lipinski definition) is 6. The van der Waals surface area contributed by atoms with Crippen molar-refractivity contribution >= 4 is 34.1 Å². The van der Waals surface area contributed by atoms with E-state index in [1.54, 1.807) is 11.8 Å². The highest BCUT2D eigenvalue weighted by atomic mass is 32.2. The molecule has 1 amide bonds. The van der Waals surface area contributed by atoms with E-state index in [0.717, 1.165) is 22.1 Å². The van der Waals surface area contributed by atoms with E-state index in [4.69, 9.17) is 5.26 Å². The molecule has 0 spiro atoms. The molecule has 26 heavy (non-hydrogen) atoms. The van der Waals surface area contributed by atoms with Gasteiger partial charge in [-0.15, -0.1) is 10.2 Å². The summed E-state index contributed by atoms with van der Waals surface area (Å²) in [5, 5.41) is 20.5. The van der Waals surface area contributed by atoms with Gasteiger partial charge in [-0.05, 0) is 30.0 Å². The number of aromatic nitrogens is 2. The van der Waals surface area contributed by atoms with Crippen LogP contribution in [0, 0.1) is 17.2 Å². The minimum Gasteiger partial charge on any atom is -0.301 e. The Hall–Kier alpha value is -1.91. The molecule has 1 aliphatic rings. The maximum atomic E-state index is 12.1. The summed E-state index contributed by atoms with van der Waals surface area (Å²) >= 11 is 2.99. The average molecular weight is 387 g/mol. The smallest absolute Gasteiger partial charge is 0.226 e. The number of carbonyl (C=O) groups is 1. The summed E-state index contributed by atoms with van der Waals surface area (Å²) in [5.41, 5.74) is 1.79. The van der Waals surface area contributed by atoms with Gasteiger partial charge < -0.3 is 5.32 Å². The molecular formula is C19H22N4OS2. The standard InChI is InChI=1S/C19H22N4OS2/c20-12-15-6-8-16(9-7-15)13-25-19-23-22-18(26-19)21-17(24)11-10-14-4-2-1-3-5-14/h6-9,14H,1-5,10-11,13H2,(H,21,22,24). The highest BCUT2D eigenvalue weighted by Crippen LogP contribution is 2.29. The molecule has 3 rings (SSSR count). The zero-order chi connectivity index (χ0) is 18.2. The Bertz CT molecular complexity index is 761. The van der Waals surface area contributed by atoms with E-state index in [2.05, 4.69) is 21.6 Å². The van der Waals surface area contributed by atoms with Crippen molar-refractivity contribution < 1.29 is 4.79 Å². The molecule has 0 radical (unpaired) electrons. The van der Waals surface area contributed by atoms with Crippen LogP contribution in [0.3, 0.4) is 0 Å². The third-order valence-corrected chi connectivity index (χ3v) is 6.65. The molecular weight excluding hydrogens is 364 g/mol. The van der Waals surface area contributed by atoms with E-state index in [-0.39, 0.29) is 5.91 Å². The maximum Gasteiger partial charge on any atom is 0.226 e. The monoisotopic (exact) mass is 386 g/mol. The molecule has 1 aromatic heterocycles. The predicted octanol–water partition coefficient (Wildman–Crippen LogP) is 5.00. The van der Waals surface area contributed by atoms with Crippen LogP contribution in [0.2, 0.25) is 0 Å². The van der Waals surface area contributed by atoms with Crippen LogP contribution < -0.4 is 5.32 Å². The van der Waals surface area contributed by atoms with Gasteiger partial charge in [0.15, 0.2) is 4.34 Å². The first-order chi connectivity index (χ1) is 12.7. The molecule has 1 heterocycles. The molecule has 0 bridgehead atoms. The minimum absolute atomic E-state index is 0.0374. The summed E-state index contributed by atoms with van der Waals surface area (Å²) in [4.78, 5) is 12.1. The zero-order valence-electron chi connectivity index (χ0n) is 14.6. The van der Waals surface area contributed by atoms with Gasteiger partial charge >= 0.3 is 0 Å². The van der Waals surface area contributed by atoms with Crippen molar-refractivity contribution in [3.05, 3.63) is 35.4 Å². The van der Waals surface area contributed by atoms with Crippen LogP contribution in [0.5, 0.6) is 0 Å².